The topological polar surface area (TPSA) is 41.4 Å². The predicted octanol–water partition coefficient (Wildman–Crippen LogP) is 3.86. The maximum Gasteiger partial charge on any atom is 0.247 e. The van der Waals surface area contributed by atoms with Crippen LogP contribution in [0, 0.1) is 0 Å². The van der Waals surface area contributed by atoms with E-state index < -0.39 is 0 Å². The van der Waals surface area contributed by atoms with Crippen LogP contribution in [0.1, 0.15) is 18.5 Å². The fraction of sp³-hybridized carbons (Fsp3) is 0.412. The van der Waals surface area contributed by atoms with Crippen molar-refractivity contribution in [1.29, 1.82) is 0 Å². The first-order valence-corrected chi connectivity index (χ1v) is 9.64. The van der Waals surface area contributed by atoms with Crippen LogP contribution in [0.5, 0.6) is 0 Å². The van der Waals surface area contributed by atoms with Gasteiger partial charge in [-0.1, -0.05) is 29.3 Å². The number of rotatable bonds is 4. The maximum absolute atomic E-state index is 12.7. The summed E-state index contributed by atoms with van der Waals surface area (Å²) in [5.74, 6) is 0.0889. The second kappa shape index (κ2) is 8.08. The molecule has 8 heteroatoms. The van der Waals surface area contributed by atoms with Crippen molar-refractivity contribution in [3.63, 3.8) is 0 Å². The summed E-state index contributed by atoms with van der Waals surface area (Å²) in [7, 11) is 0. The summed E-state index contributed by atoms with van der Waals surface area (Å²) in [6.07, 6.45) is 3.51. The van der Waals surface area contributed by atoms with Crippen LogP contribution in [0.2, 0.25) is 10.0 Å². The van der Waals surface area contributed by atoms with Crippen molar-refractivity contribution in [3.05, 3.63) is 50.7 Å². The van der Waals surface area contributed by atoms with Gasteiger partial charge in [0.25, 0.3) is 0 Å². The Morgan fingerprint density at radius 3 is 2.44 bits per heavy atom. The fourth-order valence-corrected chi connectivity index (χ4v) is 3.76. The monoisotopic (exact) mass is 444 g/mol. The number of piperazine rings is 1. The van der Waals surface area contributed by atoms with Gasteiger partial charge < -0.3 is 4.90 Å². The molecule has 5 nitrogen and oxygen atoms in total. The highest BCUT2D eigenvalue weighted by Gasteiger charge is 2.26. The Labute approximate surface area is 165 Å². The molecule has 3 rings (SSSR count). The molecule has 1 fully saturated rings. The number of nitrogens with zero attached hydrogens (tertiary/aromatic N) is 4. The van der Waals surface area contributed by atoms with Crippen LogP contribution < -0.4 is 0 Å². The number of halogens is 3. The average Bonchev–Trinajstić information content (AvgIpc) is 3.04. The van der Waals surface area contributed by atoms with E-state index in [1.807, 2.05) is 36.2 Å². The molecule has 1 aromatic heterocycles. The molecule has 1 atom stereocenters. The smallest absolute Gasteiger partial charge is 0.247 e. The lowest BCUT2D eigenvalue weighted by atomic mass is 10.2. The van der Waals surface area contributed by atoms with E-state index in [9.17, 15) is 4.79 Å². The molecule has 1 amide bonds. The summed E-state index contributed by atoms with van der Waals surface area (Å²) in [6, 6.07) is 5.24. The third-order valence-corrected chi connectivity index (χ3v) is 5.57. The van der Waals surface area contributed by atoms with Gasteiger partial charge in [0.05, 0.1) is 10.7 Å². The van der Waals surface area contributed by atoms with Crippen LogP contribution in [0.3, 0.4) is 0 Å². The lowest BCUT2D eigenvalue weighted by Gasteiger charge is -2.36. The molecule has 1 saturated heterocycles. The van der Waals surface area contributed by atoms with Crippen LogP contribution in [0.25, 0.3) is 0 Å². The SMILES string of the molecule is CC(C(=O)N1CCN(Cc2c(Cl)cccc2Cl)CC1)n1cc(Br)cn1. The van der Waals surface area contributed by atoms with E-state index in [0.717, 1.165) is 23.1 Å². The van der Waals surface area contributed by atoms with Crippen molar-refractivity contribution < 1.29 is 4.79 Å². The highest BCUT2D eigenvalue weighted by atomic mass is 79.9. The van der Waals surface area contributed by atoms with Gasteiger partial charge in [0.2, 0.25) is 5.91 Å². The van der Waals surface area contributed by atoms with E-state index in [-0.39, 0.29) is 11.9 Å². The van der Waals surface area contributed by atoms with Gasteiger partial charge in [-0.3, -0.25) is 14.4 Å². The third-order valence-electron chi connectivity index (χ3n) is 4.45. The van der Waals surface area contributed by atoms with Gasteiger partial charge in [0, 0.05) is 54.5 Å². The van der Waals surface area contributed by atoms with Gasteiger partial charge in [-0.15, -0.1) is 0 Å². The lowest BCUT2D eigenvalue weighted by Crippen LogP contribution is -2.50. The largest absolute Gasteiger partial charge is 0.338 e. The number of hydrogen-bond acceptors (Lipinski definition) is 3. The Bertz CT molecular complexity index is 739. The minimum absolute atomic E-state index is 0.0889. The Balaban J connectivity index is 1.57. The van der Waals surface area contributed by atoms with Gasteiger partial charge in [-0.2, -0.15) is 5.10 Å². The Morgan fingerprint density at radius 1 is 1.24 bits per heavy atom. The molecule has 0 radical (unpaired) electrons. The molecule has 0 bridgehead atoms. The zero-order valence-corrected chi connectivity index (χ0v) is 16.9. The molecular weight excluding hydrogens is 427 g/mol. The van der Waals surface area contributed by atoms with Gasteiger partial charge in [-0.05, 0) is 35.0 Å². The third kappa shape index (κ3) is 4.37. The molecule has 2 heterocycles. The molecule has 1 aliphatic heterocycles. The molecule has 2 aromatic rings. The maximum atomic E-state index is 12.7. The zero-order chi connectivity index (χ0) is 18.0. The fourth-order valence-electron chi connectivity index (χ4n) is 2.94. The Kier molecular flexibility index (Phi) is 6.04. The van der Waals surface area contributed by atoms with Gasteiger partial charge in [0.1, 0.15) is 6.04 Å². The molecule has 25 heavy (non-hydrogen) atoms. The first kappa shape index (κ1) is 18.7. The Hall–Kier alpha value is -1.08. The normalized spacial score (nSPS) is 16.9. The minimum atomic E-state index is -0.309. The zero-order valence-electron chi connectivity index (χ0n) is 13.8. The molecule has 134 valence electrons. The standard InChI is InChI=1S/C17H19BrCl2N4O/c1-12(24-10-13(18)9-21-24)17(25)23-7-5-22(6-8-23)11-14-15(19)3-2-4-16(14)20/h2-4,9-10,12H,5-8,11H2,1H3. The minimum Gasteiger partial charge on any atom is -0.338 e. The van der Waals surface area contributed by atoms with Crippen molar-refractivity contribution in [2.45, 2.75) is 19.5 Å². The van der Waals surface area contributed by atoms with Gasteiger partial charge in [-0.25, -0.2) is 0 Å². The van der Waals surface area contributed by atoms with Crippen molar-refractivity contribution in [1.82, 2.24) is 19.6 Å². The summed E-state index contributed by atoms with van der Waals surface area (Å²) in [5, 5.41) is 5.57. The van der Waals surface area contributed by atoms with E-state index in [4.69, 9.17) is 23.2 Å². The van der Waals surface area contributed by atoms with E-state index in [1.54, 1.807) is 10.9 Å². The number of aromatic nitrogens is 2. The number of hydrogen-bond donors (Lipinski definition) is 0. The average molecular weight is 446 g/mol. The Morgan fingerprint density at radius 2 is 1.88 bits per heavy atom. The van der Waals surface area contributed by atoms with Crippen LogP contribution >= 0.6 is 39.1 Å². The van der Waals surface area contributed by atoms with Crippen molar-refractivity contribution >= 4 is 45.0 Å². The second-order valence-corrected chi connectivity index (χ2v) is 7.85. The lowest BCUT2D eigenvalue weighted by molar-refractivity contribution is -0.136. The molecule has 1 aliphatic rings. The number of carbonyl (C=O) groups excluding carboxylic acids is 1. The molecular formula is C17H19BrCl2N4O. The summed E-state index contributed by atoms with van der Waals surface area (Å²) in [4.78, 5) is 16.8. The van der Waals surface area contributed by atoms with Crippen molar-refractivity contribution in [2.75, 3.05) is 26.2 Å². The van der Waals surface area contributed by atoms with E-state index in [1.165, 1.54) is 0 Å². The van der Waals surface area contributed by atoms with Crippen molar-refractivity contribution in [3.8, 4) is 0 Å². The first-order valence-electron chi connectivity index (χ1n) is 8.09. The second-order valence-electron chi connectivity index (χ2n) is 6.12. The summed E-state index contributed by atoms with van der Waals surface area (Å²) in [6.45, 7) is 5.53. The van der Waals surface area contributed by atoms with Crippen LogP contribution in [-0.2, 0) is 11.3 Å². The van der Waals surface area contributed by atoms with E-state index >= 15 is 0 Å². The first-order chi connectivity index (χ1) is 12.0. The number of amides is 1. The molecule has 0 saturated carbocycles. The summed E-state index contributed by atoms with van der Waals surface area (Å²) in [5.41, 5.74) is 0.945. The summed E-state index contributed by atoms with van der Waals surface area (Å²) < 4.78 is 2.55. The predicted molar refractivity (Wildman–Crippen MR) is 103 cm³/mol. The van der Waals surface area contributed by atoms with E-state index in [0.29, 0.717) is 29.7 Å². The summed E-state index contributed by atoms with van der Waals surface area (Å²) >= 11 is 15.9. The van der Waals surface area contributed by atoms with Crippen LogP contribution in [-0.4, -0.2) is 51.7 Å². The van der Waals surface area contributed by atoms with Crippen LogP contribution in [0.15, 0.2) is 35.1 Å². The molecule has 0 aliphatic carbocycles. The van der Waals surface area contributed by atoms with Gasteiger partial charge >= 0.3 is 0 Å². The molecule has 0 spiro atoms. The quantitative estimate of drug-likeness (QED) is 0.717. The van der Waals surface area contributed by atoms with Gasteiger partial charge in [0.15, 0.2) is 0 Å². The highest BCUT2D eigenvalue weighted by molar-refractivity contribution is 9.10. The van der Waals surface area contributed by atoms with Crippen LogP contribution in [0.4, 0.5) is 0 Å². The molecule has 1 aromatic carbocycles. The molecule has 1 unspecified atom stereocenters. The highest BCUT2D eigenvalue weighted by Crippen LogP contribution is 2.26. The molecule has 0 N–H and O–H groups in total. The van der Waals surface area contributed by atoms with E-state index in [2.05, 4.69) is 25.9 Å². The number of benzene rings is 1. The van der Waals surface area contributed by atoms with Crippen molar-refractivity contribution in [2.24, 2.45) is 0 Å². The number of carbonyl (C=O) groups is 1.